The van der Waals surface area contributed by atoms with Crippen molar-refractivity contribution in [2.45, 2.75) is 6.92 Å². The molecule has 1 aromatic heterocycles. The third-order valence-electron chi connectivity index (χ3n) is 2.51. The van der Waals surface area contributed by atoms with Gasteiger partial charge in [0.2, 0.25) is 0 Å². The third kappa shape index (κ3) is 1.56. The Labute approximate surface area is 92.8 Å². The van der Waals surface area contributed by atoms with Crippen LogP contribution in [0.1, 0.15) is 5.56 Å². The van der Waals surface area contributed by atoms with Gasteiger partial charge in [0, 0.05) is 18.7 Å². The first-order valence-electron chi connectivity index (χ1n) is 4.81. The van der Waals surface area contributed by atoms with Crippen LogP contribution in [0.4, 0.5) is 5.82 Å². The number of hydrogen-bond acceptors (Lipinski definition) is 4. The van der Waals surface area contributed by atoms with E-state index in [4.69, 9.17) is 5.73 Å². The summed E-state index contributed by atoms with van der Waals surface area (Å²) in [4.78, 5) is 0. The highest BCUT2D eigenvalue weighted by Crippen LogP contribution is 2.34. The van der Waals surface area contributed by atoms with Gasteiger partial charge in [-0.2, -0.15) is 5.10 Å². The molecule has 0 spiro atoms. The van der Waals surface area contributed by atoms with Crippen LogP contribution in [0, 0.1) is 6.92 Å². The molecule has 0 aliphatic carbocycles. The summed E-state index contributed by atoms with van der Waals surface area (Å²) in [6, 6.07) is 4.62. The predicted molar refractivity (Wildman–Crippen MR) is 61.1 cm³/mol. The van der Waals surface area contributed by atoms with Gasteiger partial charge < -0.3 is 15.9 Å². The van der Waals surface area contributed by atoms with Crippen LogP contribution in [-0.2, 0) is 7.05 Å². The number of phenolic OH excluding ortho intramolecular Hbond substituents is 2. The molecular formula is C11H13N3O2. The number of nitrogen functional groups attached to an aromatic ring is 1. The number of anilines is 1. The lowest BCUT2D eigenvalue weighted by Gasteiger charge is -2.04. The summed E-state index contributed by atoms with van der Waals surface area (Å²) in [5, 5.41) is 23.5. The van der Waals surface area contributed by atoms with E-state index in [0.29, 0.717) is 22.6 Å². The van der Waals surface area contributed by atoms with Gasteiger partial charge in [0.05, 0.1) is 5.69 Å². The molecule has 0 amide bonds. The summed E-state index contributed by atoms with van der Waals surface area (Å²) < 4.78 is 1.51. The first-order valence-corrected chi connectivity index (χ1v) is 4.81. The monoisotopic (exact) mass is 219 g/mol. The number of rotatable bonds is 1. The maximum absolute atomic E-state index is 9.77. The zero-order chi connectivity index (χ0) is 11.9. The van der Waals surface area contributed by atoms with Crippen molar-refractivity contribution in [2.24, 2.45) is 7.05 Å². The fourth-order valence-corrected chi connectivity index (χ4v) is 1.50. The van der Waals surface area contributed by atoms with Crippen molar-refractivity contribution in [3.63, 3.8) is 0 Å². The first-order chi connectivity index (χ1) is 7.49. The molecule has 4 N–H and O–H groups in total. The highest BCUT2D eigenvalue weighted by Gasteiger charge is 2.11. The first kappa shape index (κ1) is 10.4. The van der Waals surface area contributed by atoms with E-state index in [2.05, 4.69) is 5.10 Å². The number of hydrogen-bond donors (Lipinski definition) is 3. The van der Waals surface area contributed by atoms with Crippen molar-refractivity contribution >= 4 is 5.82 Å². The van der Waals surface area contributed by atoms with Gasteiger partial charge in [0.25, 0.3) is 0 Å². The molecule has 0 aliphatic heterocycles. The molecule has 1 aromatic carbocycles. The Bertz CT molecular complexity index is 527. The fraction of sp³-hybridized carbons (Fsp3) is 0.182. The van der Waals surface area contributed by atoms with E-state index in [1.54, 1.807) is 20.0 Å². The molecular weight excluding hydrogens is 206 g/mol. The Hall–Kier alpha value is -2.17. The molecule has 16 heavy (non-hydrogen) atoms. The summed E-state index contributed by atoms with van der Waals surface area (Å²) in [6.07, 6.45) is 0. The SMILES string of the molecule is Cc1cc(O)c(-c2cc(N)n(C)n2)cc1O. The van der Waals surface area contributed by atoms with E-state index in [9.17, 15) is 10.2 Å². The van der Waals surface area contributed by atoms with Gasteiger partial charge in [-0.1, -0.05) is 0 Å². The summed E-state index contributed by atoms with van der Waals surface area (Å²) in [5.41, 5.74) is 7.27. The molecule has 0 saturated carbocycles. The van der Waals surface area contributed by atoms with Crippen LogP contribution < -0.4 is 5.73 Å². The highest BCUT2D eigenvalue weighted by atomic mass is 16.3. The summed E-state index contributed by atoms with van der Waals surface area (Å²) in [6.45, 7) is 1.71. The second kappa shape index (κ2) is 3.44. The molecule has 2 aromatic rings. The molecule has 5 heteroatoms. The number of nitrogens with two attached hydrogens (primary N) is 1. The topological polar surface area (TPSA) is 84.3 Å². The van der Waals surface area contributed by atoms with Gasteiger partial charge in [-0.3, -0.25) is 4.68 Å². The van der Waals surface area contributed by atoms with Crippen LogP contribution in [-0.4, -0.2) is 20.0 Å². The molecule has 0 saturated heterocycles. The van der Waals surface area contributed by atoms with Crippen LogP contribution in [0.2, 0.25) is 0 Å². The number of nitrogens with zero attached hydrogens (tertiary/aromatic N) is 2. The maximum atomic E-state index is 9.77. The largest absolute Gasteiger partial charge is 0.508 e. The normalized spacial score (nSPS) is 10.6. The van der Waals surface area contributed by atoms with E-state index < -0.39 is 0 Å². The molecule has 0 aliphatic rings. The van der Waals surface area contributed by atoms with Crippen molar-refractivity contribution in [1.29, 1.82) is 0 Å². The number of benzene rings is 1. The molecule has 84 valence electrons. The minimum atomic E-state index is 0.0772. The Morgan fingerprint density at radius 3 is 2.44 bits per heavy atom. The minimum absolute atomic E-state index is 0.0772. The second-order valence-electron chi connectivity index (χ2n) is 3.73. The average Bonchev–Trinajstić information content (AvgIpc) is 2.53. The van der Waals surface area contributed by atoms with Crippen LogP contribution >= 0.6 is 0 Å². The lowest BCUT2D eigenvalue weighted by Crippen LogP contribution is -1.96. The summed E-state index contributed by atoms with van der Waals surface area (Å²) in [7, 11) is 1.71. The van der Waals surface area contributed by atoms with Crippen molar-refractivity contribution in [3.05, 3.63) is 23.8 Å². The van der Waals surface area contributed by atoms with Crippen LogP contribution in [0.25, 0.3) is 11.3 Å². The molecule has 1 heterocycles. The average molecular weight is 219 g/mol. The zero-order valence-electron chi connectivity index (χ0n) is 9.10. The van der Waals surface area contributed by atoms with Crippen molar-refractivity contribution < 1.29 is 10.2 Å². The molecule has 5 nitrogen and oxygen atoms in total. The van der Waals surface area contributed by atoms with E-state index in [1.807, 2.05) is 0 Å². The van der Waals surface area contributed by atoms with Crippen LogP contribution in [0.15, 0.2) is 18.2 Å². The van der Waals surface area contributed by atoms with E-state index in [0.717, 1.165) is 0 Å². The standard InChI is InChI=1S/C11H13N3O2/c1-6-3-10(16)7(4-9(6)15)8-5-11(12)14(2)13-8/h3-5,15-16H,12H2,1-2H3. The fourth-order valence-electron chi connectivity index (χ4n) is 1.50. The zero-order valence-corrected chi connectivity index (χ0v) is 9.10. The van der Waals surface area contributed by atoms with Crippen molar-refractivity contribution in [3.8, 4) is 22.8 Å². The van der Waals surface area contributed by atoms with Gasteiger partial charge in [0.15, 0.2) is 0 Å². The van der Waals surface area contributed by atoms with Gasteiger partial charge in [-0.25, -0.2) is 0 Å². The number of aromatic hydroxyl groups is 2. The number of aryl methyl sites for hydroxylation is 2. The molecule has 2 rings (SSSR count). The maximum Gasteiger partial charge on any atom is 0.125 e. The number of aromatic nitrogens is 2. The van der Waals surface area contributed by atoms with E-state index in [-0.39, 0.29) is 11.5 Å². The summed E-state index contributed by atoms with van der Waals surface area (Å²) in [5.74, 6) is 0.694. The third-order valence-corrected chi connectivity index (χ3v) is 2.51. The van der Waals surface area contributed by atoms with Gasteiger partial charge in [0.1, 0.15) is 17.3 Å². The molecule has 0 bridgehead atoms. The highest BCUT2D eigenvalue weighted by molar-refractivity contribution is 5.71. The van der Waals surface area contributed by atoms with Gasteiger partial charge in [-0.15, -0.1) is 0 Å². The molecule has 0 radical (unpaired) electrons. The van der Waals surface area contributed by atoms with Crippen LogP contribution in [0.3, 0.4) is 0 Å². The summed E-state index contributed by atoms with van der Waals surface area (Å²) >= 11 is 0. The van der Waals surface area contributed by atoms with Crippen molar-refractivity contribution in [1.82, 2.24) is 9.78 Å². The van der Waals surface area contributed by atoms with Gasteiger partial charge in [-0.05, 0) is 24.6 Å². The molecule has 0 atom stereocenters. The minimum Gasteiger partial charge on any atom is -0.508 e. The Morgan fingerprint density at radius 2 is 1.88 bits per heavy atom. The molecule has 0 unspecified atom stereocenters. The Morgan fingerprint density at radius 1 is 1.19 bits per heavy atom. The van der Waals surface area contributed by atoms with E-state index >= 15 is 0 Å². The molecule has 0 fully saturated rings. The Balaban J connectivity index is 2.60. The predicted octanol–water partition coefficient (Wildman–Crippen LogP) is 1.39. The lowest BCUT2D eigenvalue weighted by molar-refractivity contribution is 0.458. The van der Waals surface area contributed by atoms with E-state index in [1.165, 1.54) is 16.8 Å². The second-order valence-corrected chi connectivity index (χ2v) is 3.73. The number of phenols is 2. The van der Waals surface area contributed by atoms with Crippen molar-refractivity contribution in [2.75, 3.05) is 5.73 Å². The quantitative estimate of drug-likeness (QED) is 0.633. The van der Waals surface area contributed by atoms with Gasteiger partial charge >= 0.3 is 0 Å². The smallest absolute Gasteiger partial charge is 0.125 e. The Kier molecular flexibility index (Phi) is 2.23. The lowest BCUT2D eigenvalue weighted by atomic mass is 10.1. The van der Waals surface area contributed by atoms with Crippen LogP contribution in [0.5, 0.6) is 11.5 Å².